The molecular weight excluding hydrogens is 398 g/mol. The summed E-state index contributed by atoms with van der Waals surface area (Å²) in [6, 6.07) is 15.7. The predicted molar refractivity (Wildman–Crippen MR) is 117 cm³/mol. The van der Waals surface area contributed by atoms with Crippen molar-refractivity contribution in [2.24, 2.45) is 0 Å². The van der Waals surface area contributed by atoms with Gasteiger partial charge in [-0.25, -0.2) is 13.1 Å². The van der Waals surface area contributed by atoms with E-state index in [1.54, 1.807) is 36.4 Å². The zero-order valence-corrected chi connectivity index (χ0v) is 17.9. The van der Waals surface area contributed by atoms with E-state index in [2.05, 4.69) is 10.4 Å². The van der Waals surface area contributed by atoms with Crippen molar-refractivity contribution in [1.29, 1.82) is 0 Å². The zero-order valence-electron chi connectivity index (χ0n) is 17.1. The largest absolute Gasteiger partial charge is 0.322 e. The summed E-state index contributed by atoms with van der Waals surface area (Å²) in [6.45, 7) is 3.92. The van der Waals surface area contributed by atoms with Crippen molar-refractivity contribution in [3.8, 4) is 5.69 Å². The quantitative estimate of drug-likeness (QED) is 0.657. The van der Waals surface area contributed by atoms with E-state index in [1.165, 1.54) is 0 Å². The Labute approximate surface area is 176 Å². The maximum atomic E-state index is 12.8. The Bertz CT molecular complexity index is 1170. The molecule has 0 saturated heterocycles. The first kappa shape index (κ1) is 20.3. The molecule has 156 valence electrons. The first-order valence-corrected chi connectivity index (χ1v) is 11.7. The summed E-state index contributed by atoms with van der Waals surface area (Å²) in [5, 5.41) is 6.94. The van der Waals surface area contributed by atoms with Crippen LogP contribution < -0.4 is 5.32 Å². The molecule has 0 unspecified atom stereocenters. The van der Waals surface area contributed by atoms with Crippen LogP contribution >= 0.6 is 0 Å². The fraction of sp³-hybridized carbons (Fsp3) is 0.304. The molecule has 0 bridgehead atoms. The molecule has 6 nitrogen and oxygen atoms in total. The number of carbonyl (C=O) groups is 1. The molecule has 1 aliphatic carbocycles. The smallest absolute Gasteiger partial charge is 0.255 e. The fourth-order valence-electron chi connectivity index (χ4n) is 3.99. The molecule has 3 aromatic rings. The van der Waals surface area contributed by atoms with Gasteiger partial charge < -0.3 is 5.32 Å². The van der Waals surface area contributed by atoms with E-state index in [-0.39, 0.29) is 16.1 Å². The Morgan fingerprint density at radius 1 is 1.03 bits per heavy atom. The standard InChI is InChI=1S/C23H25N3O3S/c1-16-14-17(2)26(25-16)20-12-10-18(11-13-20)23(27)24-19-6-5-9-22(15-19)30(28,29)21-7-3-4-8-21/h5-6,9-15,21H,3-4,7-8H2,1-2H3,(H,24,27). The van der Waals surface area contributed by atoms with Crippen LogP contribution in [0.5, 0.6) is 0 Å². The number of sulfone groups is 1. The molecule has 30 heavy (non-hydrogen) atoms. The summed E-state index contributed by atoms with van der Waals surface area (Å²) in [6.07, 6.45) is 3.32. The van der Waals surface area contributed by atoms with Crippen molar-refractivity contribution in [3.63, 3.8) is 0 Å². The van der Waals surface area contributed by atoms with Gasteiger partial charge in [0.05, 0.1) is 21.5 Å². The number of nitrogens with one attached hydrogen (secondary N) is 1. The number of anilines is 1. The van der Waals surface area contributed by atoms with Crippen molar-refractivity contribution in [2.75, 3.05) is 5.32 Å². The Balaban J connectivity index is 1.51. The molecule has 2 aromatic carbocycles. The number of hydrogen-bond donors (Lipinski definition) is 1. The lowest BCUT2D eigenvalue weighted by Gasteiger charge is -2.13. The molecule has 1 heterocycles. The van der Waals surface area contributed by atoms with Crippen LogP contribution in [0.4, 0.5) is 5.69 Å². The number of rotatable bonds is 5. The fourth-order valence-corrected chi connectivity index (χ4v) is 5.89. The Morgan fingerprint density at radius 3 is 2.37 bits per heavy atom. The number of aryl methyl sites for hydroxylation is 2. The van der Waals surface area contributed by atoms with Gasteiger partial charge in [-0.2, -0.15) is 5.10 Å². The van der Waals surface area contributed by atoms with Gasteiger partial charge in [0.25, 0.3) is 5.91 Å². The normalized spacial score (nSPS) is 14.7. The third-order valence-electron chi connectivity index (χ3n) is 5.55. The molecule has 0 aliphatic heterocycles. The second-order valence-corrected chi connectivity index (χ2v) is 10.0. The first-order chi connectivity index (χ1) is 14.3. The SMILES string of the molecule is Cc1cc(C)n(-c2ccc(C(=O)Nc3cccc(S(=O)(=O)C4CCCC4)c3)cc2)n1. The van der Waals surface area contributed by atoms with Gasteiger partial charge in [0.2, 0.25) is 0 Å². The third kappa shape index (κ3) is 4.03. The lowest BCUT2D eigenvalue weighted by molar-refractivity contribution is 0.102. The second-order valence-electron chi connectivity index (χ2n) is 7.82. The van der Waals surface area contributed by atoms with Crippen LogP contribution in [-0.2, 0) is 9.84 Å². The van der Waals surface area contributed by atoms with Crippen molar-refractivity contribution < 1.29 is 13.2 Å². The average molecular weight is 424 g/mol. The summed E-state index contributed by atoms with van der Waals surface area (Å²) in [5.41, 5.74) is 3.79. The highest BCUT2D eigenvalue weighted by atomic mass is 32.2. The van der Waals surface area contributed by atoms with E-state index in [9.17, 15) is 13.2 Å². The molecule has 1 aliphatic rings. The highest BCUT2D eigenvalue weighted by Gasteiger charge is 2.30. The molecule has 1 fully saturated rings. The van der Waals surface area contributed by atoms with E-state index in [0.29, 0.717) is 24.1 Å². The number of amides is 1. The van der Waals surface area contributed by atoms with Crippen molar-refractivity contribution in [3.05, 3.63) is 71.5 Å². The van der Waals surface area contributed by atoms with Gasteiger partial charge in [-0.3, -0.25) is 4.79 Å². The zero-order chi connectivity index (χ0) is 21.3. The van der Waals surface area contributed by atoms with Crippen LogP contribution in [0.3, 0.4) is 0 Å². The molecule has 0 radical (unpaired) electrons. The molecule has 0 spiro atoms. The first-order valence-electron chi connectivity index (χ1n) is 10.1. The second kappa shape index (κ2) is 8.07. The summed E-state index contributed by atoms with van der Waals surface area (Å²) in [5.74, 6) is -0.287. The van der Waals surface area contributed by atoms with Gasteiger partial charge in [-0.05, 0) is 75.2 Å². The molecule has 1 aromatic heterocycles. The average Bonchev–Trinajstić information content (AvgIpc) is 3.38. The van der Waals surface area contributed by atoms with Crippen LogP contribution in [0.1, 0.15) is 47.4 Å². The molecule has 7 heteroatoms. The van der Waals surface area contributed by atoms with Gasteiger partial charge in [0.1, 0.15) is 0 Å². The number of nitrogens with zero attached hydrogens (tertiary/aromatic N) is 2. The number of hydrogen-bond acceptors (Lipinski definition) is 4. The lowest BCUT2D eigenvalue weighted by Crippen LogP contribution is -2.18. The van der Waals surface area contributed by atoms with Crippen molar-refractivity contribution >= 4 is 21.4 Å². The molecular formula is C23H25N3O3S. The van der Waals surface area contributed by atoms with Gasteiger partial charge in [0.15, 0.2) is 9.84 Å². The highest BCUT2D eigenvalue weighted by molar-refractivity contribution is 7.92. The van der Waals surface area contributed by atoms with E-state index in [4.69, 9.17) is 0 Å². The molecule has 4 rings (SSSR count). The van der Waals surface area contributed by atoms with E-state index >= 15 is 0 Å². The summed E-state index contributed by atoms with van der Waals surface area (Å²) >= 11 is 0. The van der Waals surface area contributed by atoms with Gasteiger partial charge in [-0.15, -0.1) is 0 Å². The van der Waals surface area contributed by atoms with E-state index in [0.717, 1.165) is 29.9 Å². The number of carbonyl (C=O) groups excluding carboxylic acids is 1. The number of benzene rings is 2. The summed E-state index contributed by atoms with van der Waals surface area (Å²) in [7, 11) is -3.36. The molecule has 1 N–H and O–H groups in total. The minimum Gasteiger partial charge on any atom is -0.322 e. The van der Waals surface area contributed by atoms with Gasteiger partial charge >= 0.3 is 0 Å². The summed E-state index contributed by atoms with van der Waals surface area (Å²) < 4.78 is 27.5. The lowest BCUT2D eigenvalue weighted by atomic mass is 10.2. The molecule has 0 atom stereocenters. The van der Waals surface area contributed by atoms with Crippen molar-refractivity contribution in [2.45, 2.75) is 49.7 Å². The Morgan fingerprint density at radius 2 is 1.73 bits per heavy atom. The van der Waals surface area contributed by atoms with Crippen LogP contribution in [-0.4, -0.2) is 29.4 Å². The van der Waals surface area contributed by atoms with Gasteiger partial charge in [-0.1, -0.05) is 18.9 Å². The monoisotopic (exact) mass is 423 g/mol. The van der Waals surface area contributed by atoms with Crippen molar-refractivity contribution in [1.82, 2.24) is 9.78 Å². The predicted octanol–water partition coefficient (Wildman–Crippen LogP) is 4.46. The minimum absolute atomic E-state index is 0.270. The van der Waals surface area contributed by atoms with Crippen LogP contribution in [0.15, 0.2) is 59.5 Å². The maximum absolute atomic E-state index is 12.8. The maximum Gasteiger partial charge on any atom is 0.255 e. The minimum atomic E-state index is -3.36. The Kier molecular flexibility index (Phi) is 5.47. The number of aromatic nitrogens is 2. The topological polar surface area (TPSA) is 81.1 Å². The van der Waals surface area contributed by atoms with E-state index in [1.807, 2.05) is 36.7 Å². The van der Waals surface area contributed by atoms with E-state index < -0.39 is 9.84 Å². The molecule has 1 amide bonds. The van der Waals surface area contributed by atoms with Gasteiger partial charge in [0, 0.05) is 16.9 Å². The Hall–Kier alpha value is -2.93. The third-order valence-corrected chi connectivity index (χ3v) is 7.81. The summed E-state index contributed by atoms with van der Waals surface area (Å²) in [4.78, 5) is 12.9. The van der Waals surface area contributed by atoms with Crippen LogP contribution in [0, 0.1) is 13.8 Å². The van der Waals surface area contributed by atoms with Crippen LogP contribution in [0.25, 0.3) is 5.69 Å². The van der Waals surface area contributed by atoms with Crippen LogP contribution in [0.2, 0.25) is 0 Å². The highest BCUT2D eigenvalue weighted by Crippen LogP contribution is 2.30. The molecule has 1 saturated carbocycles.